The molecule has 2 rings (SSSR count). The van der Waals surface area contributed by atoms with Crippen LogP contribution in [-0.2, 0) is 11.2 Å². The number of thiazole rings is 1. The molecule has 0 saturated carbocycles. The molecular weight excluding hydrogens is 318 g/mol. The van der Waals surface area contributed by atoms with Gasteiger partial charge in [-0.2, -0.15) is 0 Å². The van der Waals surface area contributed by atoms with E-state index in [0.29, 0.717) is 6.42 Å². The van der Waals surface area contributed by atoms with Gasteiger partial charge in [0.2, 0.25) is 5.91 Å². The second-order valence-electron chi connectivity index (χ2n) is 6.34. The molecule has 1 heterocycles. The number of rotatable bonds is 8. The molecule has 1 aromatic carbocycles. The number of benzene rings is 1. The summed E-state index contributed by atoms with van der Waals surface area (Å²) >= 11 is 1.72. The zero-order valence-electron chi connectivity index (χ0n) is 15.0. The van der Waals surface area contributed by atoms with Gasteiger partial charge in [0, 0.05) is 35.6 Å². The third-order valence-electron chi connectivity index (χ3n) is 4.10. The Kier molecular flexibility index (Phi) is 6.94. The summed E-state index contributed by atoms with van der Waals surface area (Å²) in [5.74, 6) is 0.0549. The Morgan fingerprint density at radius 1 is 1.29 bits per heavy atom. The second kappa shape index (κ2) is 8.94. The first-order valence-electron chi connectivity index (χ1n) is 8.46. The van der Waals surface area contributed by atoms with Crippen molar-refractivity contribution in [2.45, 2.75) is 53.0 Å². The number of hydrogen-bond acceptors (Lipinski definition) is 4. The third kappa shape index (κ3) is 5.73. The van der Waals surface area contributed by atoms with Crippen LogP contribution in [-0.4, -0.2) is 23.5 Å². The Morgan fingerprint density at radius 3 is 2.79 bits per heavy atom. The predicted octanol–water partition coefficient (Wildman–Crippen LogP) is 4.01. The van der Waals surface area contributed by atoms with Crippen molar-refractivity contribution < 1.29 is 4.79 Å². The minimum absolute atomic E-state index is 0.0549. The zero-order valence-corrected chi connectivity index (χ0v) is 15.8. The number of hydrogen-bond donors (Lipinski definition) is 2. The summed E-state index contributed by atoms with van der Waals surface area (Å²) in [5.41, 5.74) is 4.33. The molecule has 0 aliphatic rings. The van der Waals surface area contributed by atoms with Crippen molar-refractivity contribution in [2.75, 3.05) is 11.9 Å². The number of carbonyl (C=O) groups is 1. The van der Waals surface area contributed by atoms with E-state index < -0.39 is 0 Å². The number of nitrogens with zero attached hydrogens (tertiary/aromatic N) is 1. The van der Waals surface area contributed by atoms with E-state index in [-0.39, 0.29) is 11.9 Å². The van der Waals surface area contributed by atoms with Crippen molar-refractivity contribution in [1.29, 1.82) is 0 Å². The fraction of sp³-hybridized carbons (Fsp3) is 0.474. The van der Waals surface area contributed by atoms with Crippen LogP contribution in [0.3, 0.4) is 0 Å². The number of aromatic nitrogens is 1. The van der Waals surface area contributed by atoms with E-state index in [1.165, 1.54) is 10.6 Å². The minimum Gasteiger partial charge on any atom is -0.326 e. The van der Waals surface area contributed by atoms with Gasteiger partial charge < -0.3 is 10.6 Å². The quantitative estimate of drug-likeness (QED) is 0.711. The lowest BCUT2D eigenvalue weighted by Crippen LogP contribution is -2.31. The minimum atomic E-state index is 0.0549. The molecule has 0 bridgehead atoms. The Bertz CT molecular complexity index is 681. The lowest BCUT2D eigenvalue weighted by atomic mass is 10.1. The molecule has 0 saturated heterocycles. The third-order valence-corrected chi connectivity index (χ3v) is 5.12. The molecule has 0 aliphatic heterocycles. The molecule has 1 unspecified atom stereocenters. The van der Waals surface area contributed by atoms with E-state index in [4.69, 9.17) is 0 Å². The standard InChI is InChI=1S/C19H27N3OS/c1-13-7-5-8-17(16(13)4)22-18(23)11-14(2)20-10-6-9-19-21-15(3)12-24-19/h5,7-8,12,14,20H,6,9-11H2,1-4H3,(H,22,23). The monoisotopic (exact) mass is 345 g/mol. The smallest absolute Gasteiger partial charge is 0.225 e. The highest BCUT2D eigenvalue weighted by Gasteiger charge is 2.10. The highest BCUT2D eigenvalue weighted by molar-refractivity contribution is 7.09. The summed E-state index contributed by atoms with van der Waals surface area (Å²) in [4.78, 5) is 16.6. The van der Waals surface area contributed by atoms with Gasteiger partial charge in [-0.15, -0.1) is 11.3 Å². The molecule has 1 aromatic heterocycles. The molecule has 4 nitrogen and oxygen atoms in total. The summed E-state index contributed by atoms with van der Waals surface area (Å²) in [6.45, 7) is 9.06. The maximum atomic E-state index is 12.2. The van der Waals surface area contributed by atoms with Crippen LogP contribution in [0.15, 0.2) is 23.6 Å². The lowest BCUT2D eigenvalue weighted by Gasteiger charge is -2.15. The van der Waals surface area contributed by atoms with Gasteiger partial charge in [-0.3, -0.25) is 4.79 Å². The Balaban J connectivity index is 1.68. The van der Waals surface area contributed by atoms with Crippen LogP contribution in [0, 0.1) is 20.8 Å². The van der Waals surface area contributed by atoms with Crippen molar-refractivity contribution in [3.8, 4) is 0 Å². The van der Waals surface area contributed by atoms with E-state index >= 15 is 0 Å². The normalized spacial score (nSPS) is 12.2. The molecule has 0 spiro atoms. The first-order chi connectivity index (χ1) is 11.5. The molecule has 0 fully saturated rings. The van der Waals surface area contributed by atoms with Gasteiger partial charge in [-0.25, -0.2) is 4.98 Å². The Labute approximate surface area is 148 Å². The van der Waals surface area contributed by atoms with E-state index in [1.54, 1.807) is 11.3 Å². The summed E-state index contributed by atoms with van der Waals surface area (Å²) in [7, 11) is 0. The SMILES string of the molecule is Cc1csc(CCCNC(C)CC(=O)Nc2cccc(C)c2C)n1. The van der Waals surface area contributed by atoms with Crippen molar-refractivity contribution >= 4 is 22.9 Å². The van der Waals surface area contributed by atoms with Crippen LogP contribution in [0.5, 0.6) is 0 Å². The molecule has 2 N–H and O–H groups in total. The van der Waals surface area contributed by atoms with Gasteiger partial charge in [0.1, 0.15) is 0 Å². The van der Waals surface area contributed by atoms with Gasteiger partial charge >= 0.3 is 0 Å². The van der Waals surface area contributed by atoms with Crippen molar-refractivity contribution in [1.82, 2.24) is 10.3 Å². The van der Waals surface area contributed by atoms with Crippen molar-refractivity contribution in [3.05, 3.63) is 45.4 Å². The lowest BCUT2D eigenvalue weighted by molar-refractivity contribution is -0.116. The van der Waals surface area contributed by atoms with Gasteiger partial charge in [0.15, 0.2) is 0 Å². The summed E-state index contributed by atoms with van der Waals surface area (Å²) in [6, 6.07) is 6.14. The highest BCUT2D eigenvalue weighted by atomic mass is 32.1. The van der Waals surface area contributed by atoms with Gasteiger partial charge in [0.05, 0.1) is 5.01 Å². The number of nitrogens with one attached hydrogen (secondary N) is 2. The Morgan fingerprint density at radius 2 is 2.08 bits per heavy atom. The van der Waals surface area contributed by atoms with Crippen LogP contribution in [0.4, 0.5) is 5.69 Å². The number of anilines is 1. The number of carbonyl (C=O) groups excluding carboxylic acids is 1. The van der Waals surface area contributed by atoms with E-state index in [0.717, 1.165) is 36.3 Å². The van der Waals surface area contributed by atoms with Crippen LogP contribution in [0.2, 0.25) is 0 Å². The maximum absolute atomic E-state index is 12.2. The molecule has 1 atom stereocenters. The number of amides is 1. The van der Waals surface area contributed by atoms with Crippen LogP contribution < -0.4 is 10.6 Å². The van der Waals surface area contributed by atoms with E-state index in [2.05, 4.69) is 40.9 Å². The largest absolute Gasteiger partial charge is 0.326 e. The molecule has 5 heteroatoms. The summed E-state index contributed by atoms with van der Waals surface area (Å²) < 4.78 is 0. The maximum Gasteiger partial charge on any atom is 0.225 e. The predicted molar refractivity (Wildman–Crippen MR) is 102 cm³/mol. The fourth-order valence-corrected chi connectivity index (χ4v) is 3.36. The first kappa shape index (κ1) is 18.6. The van der Waals surface area contributed by atoms with Crippen molar-refractivity contribution in [2.24, 2.45) is 0 Å². The van der Waals surface area contributed by atoms with Gasteiger partial charge in [0.25, 0.3) is 0 Å². The van der Waals surface area contributed by atoms with Crippen LogP contribution in [0.1, 0.15) is 41.6 Å². The van der Waals surface area contributed by atoms with Gasteiger partial charge in [-0.1, -0.05) is 12.1 Å². The second-order valence-corrected chi connectivity index (χ2v) is 7.28. The summed E-state index contributed by atoms with van der Waals surface area (Å²) in [5, 5.41) is 9.71. The highest BCUT2D eigenvalue weighted by Crippen LogP contribution is 2.18. The fourth-order valence-electron chi connectivity index (χ4n) is 2.54. The first-order valence-corrected chi connectivity index (χ1v) is 9.34. The van der Waals surface area contributed by atoms with Gasteiger partial charge in [-0.05, 0) is 57.9 Å². The molecule has 0 radical (unpaired) electrons. The average Bonchev–Trinajstić information content (AvgIpc) is 2.94. The molecule has 2 aromatic rings. The average molecular weight is 346 g/mol. The summed E-state index contributed by atoms with van der Waals surface area (Å²) in [6.07, 6.45) is 2.51. The zero-order chi connectivity index (χ0) is 17.5. The van der Waals surface area contributed by atoms with E-state index in [1.807, 2.05) is 26.0 Å². The molecule has 0 aliphatic carbocycles. The van der Waals surface area contributed by atoms with Crippen molar-refractivity contribution in [3.63, 3.8) is 0 Å². The number of aryl methyl sites for hydroxylation is 3. The Hall–Kier alpha value is -1.72. The van der Waals surface area contributed by atoms with Crippen LogP contribution >= 0.6 is 11.3 Å². The molecule has 24 heavy (non-hydrogen) atoms. The molecule has 130 valence electrons. The van der Waals surface area contributed by atoms with Crippen LogP contribution in [0.25, 0.3) is 0 Å². The topological polar surface area (TPSA) is 54.0 Å². The molecular formula is C19H27N3OS. The molecule has 1 amide bonds. The van der Waals surface area contributed by atoms with E-state index in [9.17, 15) is 4.79 Å².